The van der Waals surface area contributed by atoms with Crippen molar-refractivity contribution in [3.63, 3.8) is 0 Å². The molecule has 1 aromatic carbocycles. The van der Waals surface area contributed by atoms with Crippen LogP contribution in [0.1, 0.15) is 6.42 Å². The van der Waals surface area contributed by atoms with E-state index in [1.807, 2.05) is 60.6 Å². The molecule has 1 fully saturated rings. The predicted octanol–water partition coefficient (Wildman–Crippen LogP) is 1.59. The Balaban J connectivity index is 1.25. The Bertz CT molecular complexity index is 880. The molecule has 1 amide bonds. The lowest BCUT2D eigenvalue weighted by atomic mass is 10.2. The van der Waals surface area contributed by atoms with Crippen LogP contribution >= 0.6 is 0 Å². The molecule has 4 rings (SSSR count). The van der Waals surface area contributed by atoms with Gasteiger partial charge in [0.25, 0.3) is 5.91 Å². The highest BCUT2D eigenvalue weighted by Gasteiger charge is 2.25. The van der Waals surface area contributed by atoms with Crippen molar-refractivity contribution in [1.29, 1.82) is 0 Å². The number of carbonyl (C=O) groups excluding carboxylic acids is 1. The Morgan fingerprint density at radius 1 is 1.13 bits per heavy atom. The third-order valence-electron chi connectivity index (χ3n) is 5.41. The van der Waals surface area contributed by atoms with E-state index in [-0.39, 0.29) is 12.5 Å². The first-order valence-electron chi connectivity index (χ1n) is 10.4. The summed E-state index contributed by atoms with van der Waals surface area (Å²) >= 11 is 0. The van der Waals surface area contributed by atoms with Crippen LogP contribution in [-0.4, -0.2) is 74.7 Å². The standard InChI is InChI=1S/C22H28N6O2/c1-23-22(27-15-13-26(14-16-27)20-9-4-5-10-24-20)25-11-6-12-28-18-7-2-3-8-19(18)30-17-21(28)29/h2-5,7-10H,6,11-17H2,1H3,(H,23,25). The number of nitrogens with zero attached hydrogens (tertiary/aromatic N) is 5. The van der Waals surface area contributed by atoms with Gasteiger partial charge in [-0.15, -0.1) is 0 Å². The number of hydrogen-bond acceptors (Lipinski definition) is 5. The van der Waals surface area contributed by atoms with Crippen molar-refractivity contribution in [2.75, 3.05) is 62.7 Å². The molecule has 0 saturated carbocycles. The molecule has 1 saturated heterocycles. The third kappa shape index (κ3) is 4.48. The van der Waals surface area contributed by atoms with Gasteiger partial charge in [-0.25, -0.2) is 4.98 Å². The van der Waals surface area contributed by atoms with Crippen LogP contribution in [0, 0.1) is 0 Å². The van der Waals surface area contributed by atoms with Gasteiger partial charge in [0, 0.05) is 52.5 Å². The van der Waals surface area contributed by atoms with Gasteiger partial charge in [0.15, 0.2) is 12.6 Å². The van der Waals surface area contributed by atoms with Crippen LogP contribution in [0.25, 0.3) is 0 Å². The van der Waals surface area contributed by atoms with Gasteiger partial charge >= 0.3 is 0 Å². The smallest absolute Gasteiger partial charge is 0.265 e. The summed E-state index contributed by atoms with van der Waals surface area (Å²) in [6, 6.07) is 13.7. The lowest BCUT2D eigenvalue weighted by molar-refractivity contribution is -0.121. The summed E-state index contributed by atoms with van der Waals surface area (Å²) in [5.74, 6) is 2.70. The van der Waals surface area contributed by atoms with Crippen molar-refractivity contribution in [2.45, 2.75) is 6.42 Å². The Morgan fingerprint density at radius 3 is 2.70 bits per heavy atom. The SMILES string of the molecule is CN=C(NCCCN1C(=O)COc2ccccc21)N1CCN(c2ccccn2)CC1. The molecule has 0 atom stereocenters. The van der Waals surface area contributed by atoms with Gasteiger partial charge < -0.3 is 24.8 Å². The highest BCUT2D eigenvalue weighted by atomic mass is 16.5. The fraction of sp³-hybridized carbons (Fsp3) is 0.409. The zero-order valence-corrected chi connectivity index (χ0v) is 17.3. The molecular weight excluding hydrogens is 380 g/mol. The topological polar surface area (TPSA) is 73.3 Å². The molecule has 0 bridgehead atoms. The molecule has 8 heteroatoms. The Morgan fingerprint density at radius 2 is 1.93 bits per heavy atom. The minimum absolute atomic E-state index is 0.00345. The number of hydrogen-bond donors (Lipinski definition) is 1. The molecule has 2 aliphatic rings. The van der Waals surface area contributed by atoms with Crippen molar-refractivity contribution >= 4 is 23.4 Å². The maximum atomic E-state index is 12.3. The molecule has 1 aromatic heterocycles. The van der Waals surface area contributed by atoms with E-state index >= 15 is 0 Å². The number of carbonyl (C=O) groups is 1. The fourth-order valence-corrected chi connectivity index (χ4v) is 3.86. The van der Waals surface area contributed by atoms with E-state index in [4.69, 9.17) is 4.74 Å². The molecule has 0 aliphatic carbocycles. The van der Waals surface area contributed by atoms with Crippen LogP contribution < -0.4 is 19.9 Å². The Hall–Kier alpha value is -3.29. The molecule has 8 nitrogen and oxygen atoms in total. The summed E-state index contributed by atoms with van der Waals surface area (Å²) in [6.45, 7) is 5.12. The van der Waals surface area contributed by atoms with Gasteiger partial charge in [-0.1, -0.05) is 18.2 Å². The second kappa shape index (κ2) is 9.47. The van der Waals surface area contributed by atoms with Crippen LogP contribution in [0.15, 0.2) is 53.7 Å². The Labute approximate surface area is 177 Å². The first-order chi connectivity index (χ1) is 14.8. The number of aliphatic imine (C=N–C) groups is 1. The van der Waals surface area contributed by atoms with E-state index in [0.717, 1.165) is 62.4 Å². The molecule has 0 spiro atoms. The summed E-state index contributed by atoms with van der Waals surface area (Å²) in [6.07, 6.45) is 2.66. The van der Waals surface area contributed by atoms with Crippen LogP contribution in [0.3, 0.4) is 0 Å². The fourth-order valence-electron chi connectivity index (χ4n) is 3.86. The Kier molecular flexibility index (Phi) is 6.32. The zero-order chi connectivity index (χ0) is 20.8. The third-order valence-corrected chi connectivity index (χ3v) is 5.41. The van der Waals surface area contributed by atoms with Gasteiger partial charge in [0.2, 0.25) is 0 Å². The number of ether oxygens (including phenoxy) is 1. The highest BCUT2D eigenvalue weighted by molar-refractivity contribution is 5.97. The number of pyridine rings is 1. The zero-order valence-electron chi connectivity index (χ0n) is 17.3. The average Bonchev–Trinajstić information content (AvgIpc) is 2.81. The van der Waals surface area contributed by atoms with E-state index in [0.29, 0.717) is 6.54 Å². The number of nitrogens with one attached hydrogen (secondary N) is 1. The van der Waals surface area contributed by atoms with Crippen LogP contribution in [0.5, 0.6) is 5.75 Å². The molecule has 2 aromatic rings. The summed E-state index contributed by atoms with van der Waals surface area (Å²) in [5, 5.41) is 3.44. The molecule has 2 aliphatic heterocycles. The van der Waals surface area contributed by atoms with E-state index in [1.54, 1.807) is 0 Å². The second-order valence-corrected chi connectivity index (χ2v) is 7.29. The van der Waals surface area contributed by atoms with Gasteiger partial charge in [0.1, 0.15) is 11.6 Å². The number of amides is 1. The average molecular weight is 409 g/mol. The van der Waals surface area contributed by atoms with Gasteiger partial charge in [-0.05, 0) is 30.7 Å². The van der Waals surface area contributed by atoms with Gasteiger partial charge in [0.05, 0.1) is 5.69 Å². The summed E-state index contributed by atoms with van der Waals surface area (Å²) in [5.41, 5.74) is 0.851. The number of anilines is 2. The number of guanidine groups is 1. The van der Waals surface area contributed by atoms with Crippen LogP contribution in [0.4, 0.5) is 11.5 Å². The minimum atomic E-state index is 0.00345. The largest absolute Gasteiger partial charge is 0.482 e. The van der Waals surface area contributed by atoms with Crippen molar-refractivity contribution in [3.05, 3.63) is 48.7 Å². The normalized spacial score (nSPS) is 16.9. The number of fused-ring (bicyclic) bond motifs is 1. The first-order valence-corrected chi connectivity index (χ1v) is 10.4. The number of piperazine rings is 1. The van der Waals surface area contributed by atoms with Crippen molar-refractivity contribution in [2.24, 2.45) is 4.99 Å². The quantitative estimate of drug-likeness (QED) is 0.460. The van der Waals surface area contributed by atoms with Crippen LogP contribution in [0.2, 0.25) is 0 Å². The first kappa shape index (κ1) is 20.0. The maximum Gasteiger partial charge on any atom is 0.265 e. The lowest BCUT2D eigenvalue weighted by Crippen LogP contribution is -2.53. The number of para-hydroxylation sites is 2. The second-order valence-electron chi connectivity index (χ2n) is 7.29. The molecule has 3 heterocycles. The molecule has 30 heavy (non-hydrogen) atoms. The molecule has 1 N–H and O–H groups in total. The predicted molar refractivity (Wildman–Crippen MR) is 118 cm³/mol. The van der Waals surface area contributed by atoms with E-state index in [2.05, 4.69) is 25.1 Å². The molecule has 0 unspecified atom stereocenters. The number of benzene rings is 1. The molecule has 158 valence electrons. The number of rotatable bonds is 5. The van der Waals surface area contributed by atoms with Crippen molar-refractivity contribution < 1.29 is 9.53 Å². The minimum Gasteiger partial charge on any atom is -0.482 e. The van der Waals surface area contributed by atoms with Crippen molar-refractivity contribution in [1.82, 2.24) is 15.2 Å². The maximum absolute atomic E-state index is 12.3. The number of aromatic nitrogens is 1. The monoisotopic (exact) mass is 408 g/mol. The summed E-state index contributed by atoms with van der Waals surface area (Å²) in [7, 11) is 1.81. The van der Waals surface area contributed by atoms with Crippen molar-refractivity contribution in [3.8, 4) is 5.75 Å². The van der Waals surface area contributed by atoms with E-state index in [1.165, 1.54) is 0 Å². The summed E-state index contributed by atoms with van der Waals surface area (Å²) < 4.78 is 5.51. The molecule has 0 radical (unpaired) electrons. The van der Waals surface area contributed by atoms with Gasteiger partial charge in [-0.3, -0.25) is 9.79 Å². The van der Waals surface area contributed by atoms with Crippen LogP contribution in [-0.2, 0) is 4.79 Å². The lowest BCUT2D eigenvalue weighted by Gasteiger charge is -2.37. The molecular formula is C22H28N6O2. The van der Waals surface area contributed by atoms with E-state index < -0.39 is 0 Å². The summed E-state index contributed by atoms with van der Waals surface area (Å²) in [4.78, 5) is 27.5. The van der Waals surface area contributed by atoms with Gasteiger partial charge in [-0.2, -0.15) is 0 Å². The highest BCUT2D eigenvalue weighted by Crippen LogP contribution is 2.31. The van der Waals surface area contributed by atoms with E-state index in [9.17, 15) is 4.79 Å².